The zero-order chi connectivity index (χ0) is 25.7. The van der Waals surface area contributed by atoms with E-state index in [1.165, 1.54) is 18.4 Å². The summed E-state index contributed by atoms with van der Waals surface area (Å²) in [6, 6.07) is 20.6. The minimum Gasteiger partial charge on any atom is -0.493 e. The molecule has 0 saturated carbocycles. The van der Waals surface area contributed by atoms with Gasteiger partial charge >= 0.3 is 5.97 Å². The second-order valence-corrected chi connectivity index (χ2v) is 9.63. The summed E-state index contributed by atoms with van der Waals surface area (Å²) >= 11 is 1.35. The van der Waals surface area contributed by atoms with Crippen molar-refractivity contribution in [3.8, 4) is 11.5 Å². The number of benzene rings is 3. The molecule has 1 N–H and O–H groups in total. The molecule has 6 nitrogen and oxygen atoms in total. The van der Waals surface area contributed by atoms with Crippen molar-refractivity contribution in [1.29, 1.82) is 0 Å². The zero-order valence-corrected chi connectivity index (χ0v) is 21.6. The van der Waals surface area contributed by atoms with Gasteiger partial charge in [0.25, 0.3) is 5.91 Å². The third kappa shape index (κ3) is 5.69. The highest BCUT2D eigenvalue weighted by molar-refractivity contribution is 7.20. The number of rotatable bonds is 9. The highest BCUT2D eigenvalue weighted by Crippen LogP contribution is 2.30. The van der Waals surface area contributed by atoms with E-state index in [9.17, 15) is 9.59 Å². The Morgan fingerprint density at radius 2 is 1.75 bits per heavy atom. The second-order valence-electron chi connectivity index (χ2n) is 8.55. The summed E-state index contributed by atoms with van der Waals surface area (Å²) in [5, 5.41) is 3.81. The molecule has 4 aromatic rings. The number of nitrogens with one attached hydrogen (secondary N) is 1. The van der Waals surface area contributed by atoms with E-state index < -0.39 is 0 Å². The Morgan fingerprint density at radius 3 is 2.50 bits per heavy atom. The summed E-state index contributed by atoms with van der Waals surface area (Å²) in [7, 11) is 1.36. The lowest BCUT2D eigenvalue weighted by Gasteiger charge is -2.16. The summed E-state index contributed by atoms with van der Waals surface area (Å²) in [6.45, 7) is 6.96. The predicted molar refractivity (Wildman–Crippen MR) is 144 cm³/mol. The Morgan fingerprint density at radius 1 is 0.944 bits per heavy atom. The third-order valence-electron chi connectivity index (χ3n) is 5.71. The molecular formula is C29H29NO5S. The first-order valence-corrected chi connectivity index (χ1v) is 12.6. The van der Waals surface area contributed by atoms with Gasteiger partial charge in [0.2, 0.25) is 0 Å². The second kappa shape index (κ2) is 11.3. The van der Waals surface area contributed by atoms with Crippen LogP contribution in [0.3, 0.4) is 0 Å². The summed E-state index contributed by atoms with van der Waals surface area (Å²) in [4.78, 5) is 25.4. The first-order chi connectivity index (χ1) is 17.4. The van der Waals surface area contributed by atoms with Gasteiger partial charge in [0.05, 0.1) is 13.7 Å². The van der Waals surface area contributed by atoms with Crippen molar-refractivity contribution >= 4 is 39.0 Å². The molecule has 36 heavy (non-hydrogen) atoms. The number of anilines is 1. The monoisotopic (exact) mass is 503 g/mol. The lowest BCUT2D eigenvalue weighted by molar-refractivity contribution is 0.0606. The third-order valence-corrected chi connectivity index (χ3v) is 6.80. The van der Waals surface area contributed by atoms with E-state index in [4.69, 9.17) is 14.2 Å². The molecule has 0 aliphatic rings. The number of thiophene rings is 1. The van der Waals surface area contributed by atoms with Crippen molar-refractivity contribution in [3.63, 3.8) is 0 Å². The fraction of sp³-hybridized carbons (Fsp3) is 0.241. The molecule has 0 spiro atoms. The van der Waals surface area contributed by atoms with Crippen molar-refractivity contribution in [2.45, 2.75) is 33.3 Å². The minimum absolute atomic E-state index is 0.246. The van der Waals surface area contributed by atoms with Crippen molar-refractivity contribution in [2.75, 3.05) is 19.0 Å². The van der Waals surface area contributed by atoms with Crippen LogP contribution >= 0.6 is 11.3 Å². The van der Waals surface area contributed by atoms with E-state index in [1.54, 1.807) is 24.3 Å². The van der Waals surface area contributed by atoms with Crippen molar-refractivity contribution < 1.29 is 23.8 Å². The van der Waals surface area contributed by atoms with Gasteiger partial charge in [-0.25, -0.2) is 4.79 Å². The Kier molecular flexibility index (Phi) is 7.90. The molecule has 0 fully saturated rings. The topological polar surface area (TPSA) is 73.9 Å². The van der Waals surface area contributed by atoms with Crippen LogP contribution in [0.5, 0.6) is 11.5 Å². The van der Waals surface area contributed by atoms with Crippen molar-refractivity contribution in [1.82, 2.24) is 0 Å². The molecule has 0 atom stereocenters. The quantitative estimate of drug-likeness (QED) is 0.248. The Bertz CT molecular complexity index is 1390. The molecule has 0 unspecified atom stereocenters. The van der Waals surface area contributed by atoms with Crippen molar-refractivity contribution in [3.05, 3.63) is 88.3 Å². The summed E-state index contributed by atoms with van der Waals surface area (Å²) in [5.41, 5.74) is 3.05. The standard InChI is InChI=1S/C29H29NO5S/c1-5-34-24-12-10-19(14-21(24)17-35-25-9-7-6-8-23(25)18(2)3)28(31)30-22-11-13-26-20(15-22)16-27(36-26)29(32)33-4/h6-16,18H,5,17H2,1-4H3,(H,30,31). The molecule has 1 heterocycles. The van der Waals surface area contributed by atoms with Crippen molar-refractivity contribution in [2.24, 2.45) is 0 Å². The maximum absolute atomic E-state index is 13.1. The number of ether oxygens (including phenoxy) is 3. The number of hydrogen-bond donors (Lipinski definition) is 1. The van der Waals surface area contributed by atoms with Gasteiger partial charge in [-0.3, -0.25) is 4.79 Å². The predicted octanol–water partition coefficient (Wildman–Crippen LogP) is 7.04. The Balaban J connectivity index is 1.54. The van der Waals surface area contributed by atoms with Crippen LogP contribution in [0.1, 0.15) is 57.8 Å². The molecule has 1 aromatic heterocycles. The fourth-order valence-corrected chi connectivity index (χ4v) is 4.86. The van der Waals surface area contributed by atoms with Gasteiger partial charge in [-0.1, -0.05) is 32.0 Å². The number of methoxy groups -OCH3 is 1. The number of amides is 1. The van der Waals surface area contributed by atoms with Crippen LogP contribution in [0.2, 0.25) is 0 Å². The molecule has 0 radical (unpaired) electrons. The number of carbonyl (C=O) groups excluding carboxylic acids is 2. The first kappa shape index (κ1) is 25.3. The molecule has 4 rings (SSSR count). The van der Waals surface area contributed by atoms with Crippen LogP contribution in [0.15, 0.2) is 66.7 Å². The smallest absolute Gasteiger partial charge is 0.348 e. The lowest BCUT2D eigenvalue weighted by Crippen LogP contribution is -2.13. The first-order valence-electron chi connectivity index (χ1n) is 11.8. The maximum atomic E-state index is 13.1. The van der Waals surface area contributed by atoms with E-state index >= 15 is 0 Å². The highest BCUT2D eigenvalue weighted by Gasteiger charge is 2.15. The van der Waals surface area contributed by atoms with Crippen LogP contribution < -0.4 is 14.8 Å². The average molecular weight is 504 g/mol. The Hall–Kier alpha value is -3.84. The largest absolute Gasteiger partial charge is 0.493 e. The zero-order valence-electron chi connectivity index (χ0n) is 20.8. The number of hydrogen-bond acceptors (Lipinski definition) is 6. The highest BCUT2D eigenvalue weighted by atomic mass is 32.1. The number of fused-ring (bicyclic) bond motifs is 1. The molecule has 1 amide bonds. The van der Waals surface area contributed by atoms with Gasteiger partial charge in [-0.15, -0.1) is 11.3 Å². The van der Waals surface area contributed by atoms with E-state index in [-0.39, 0.29) is 18.5 Å². The minimum atomic E-state index is -0.373. The number of esters is 1. The molecule has 0 aliphatic carbocycles. The molecule has 7 heteroatoms. The SMILES string of the molecule is CCOc1ccc(C(=O)Nc2ccc3sc(C(=O)OC)cc3c2)cc1COc1ccccc1C(C)C. The van der Waals surface area contributed by atoms with E-state index in [1.807, 2.05) is 43.3 Å². The lowest BCUT2D eigenvalue weighted by atomic mass is 10.0. The van der Waals surface area contributed by atoms with E-state index in [0.29, 0.717) is 34.4 Å². The van der Waals surface area contributed by atoms with Crippen LogP contribution in [-0.4, -0.2) is 25.6 Å². The molecule has 0 bridgehead atoms. The van der Waals surface area contributed by atoms with Crippen LogP contribution in [-0.2, 0) is 11.3 Å². The van der Waals surface area contributed by atoms with Crippen LogP contribution in [0, 0.1) is 0 Å². The van der Waals surface area contributed by atoms with E-state index in [0.717, 1.165) is 27.0 Å². The van der Waals surface area contributed by atoms with E-state index in [2.05, 4.69) is 25.2 Å². The van der Waals surface area contributed by atoms with Gasteiger partial charge in [-0.2, -0.15) is 0 Å². The average Bonchev–Trinajstić information content (AvgIpc) is 3.31. The molecule has 0 saturated heterocycles. The molecule has 3 aromatic carbocycles. The summed E-state index contributed by atoms with van der Waals surface area (Å²) < 4.78 is 17.7. The molecular weight excluding hydrogens is 474 g/mol. The number of para-hydroxylation sites is 1. The van der Waals surface area contributed by atoms with Crippen LogP contribution in [0.4, 0.5) is 5.69 Å². The van der Waals surface area contributed by atoms with Gasteiger partial charge in [-0.05, 0) is 72.3 Å². The maximum Gasteiger partial charge on any atom is 0.348 e. The fourth-order valence-electron chi connectivity index (χ4n) is 3.90. The van der Waals surface area contributed by atoms with Gasteiger partial charge < -0.3 is 19.5 Å². The Labute approximate surface area is 214 Å². The normalized spacial score (nSPS) is 10.9. The molecule has 186 valence electrons. The molecule has 0 aliphatic heterocycles. The number of carbonyl (C=O) groups is 2. The summed E-state index contributed by atoms with van der Waals surface area (Å²) in [6.07, 6.45) is 0. The van der Waals surface area contributed by atoms with Crippen LogP contribution in [0.25, 0.3) is 10.1 Å². The summed E-state index contributed by atoms with van der Waals surface area (Å²) in [5.74, 6) is 1.21. The van der Waals surface area contributed by atoms with Gasteiger partial charge in [0.15, 0.2) is 0 Å². The van der Waals surface area contributed by atoms with Gasteiger partial charge in [0, 0.05) is 21.5 Å². The van der Waals surface area contributed by atoms with Gasteiger partial charge in [0.1, 0.15) is 23.0 Å².